The Kier molecular flexibility index (Phi) is 3.67. The molecule has 3 nitrogen and oxygen atoms in total. The van der Waals surface area contributed by atoms with Crippen molar-refractivity contribution in [2.24, 2.45) is 5.73 Å². The van der Waals surface area contributed by atoms with Crippen LogP contribution < -0.4 is 5.73 Å². The number of nitrogens with two attached hydrogens (primary N) is 1. The van der Waals surface area contributed by atoms with Crippen molar-refractivity contribution in [3.63, 3.8) is 0 Å². The van der Waals surface area contributed by atoms with Crippen LogP contribution in [0.2, 0.25) is 0 Å². The van der Waals surface area contributed by atoms with Crippen LogP contribution in [0, 0.1) is 0 Å². The molecule has 100 valence electrons. The molecule has 1 saturated carbocycles. The standard InChI is InChI=1S/C16H20N2O/c17-10-13-3-5-14(6-4-13)11-18(15-7-8-15)12-16-2-1-9-19-16/h1-6,9,15H,7-8,10-12,17H2. The smallest absolute Gasteiger partial charge is 0.117 e. The molecule has 1 aliphatic carbocycles. The maximum Gasteiger partial charge on any atom is 0.117 e. The summed E-state index contributed by atoms with van der Waals surface area (Å²) in [5.41, 5.74) is 8.16. The third kappa shape index (κ3) is 3.25. The van der Waals surface area contributed by atoms with Gasteiger partial charge in [-0.2, -0.15) is 0 Å². The highest BCUT2D eigenvalue weighted by Gasteiger charge is 2.29. The minimum Gasteiger partial charge on any atom is -0.468 e. The van der Waals surface area contributed by atoms with E-state index in [1.165, 1.54) is 24.0 Å². The van der Waals surface area contributed by atoms with Crippen LogP contribution >= 0.6 is 0 Å². The molecule has 0 amide bonds. The average Bonchev–Trinajstić information content (AvgIpc) is 3.17. The largest absolute Gasteiger partial charge is 0.468 e. The average molecular weight is 256 g/mol. The molecule has 0 atom stereocenters. The van der Waals surface area contributed by atoms with Crippen LogP contribution in [0.5, 0.6) is 0 Å². The molecule has 1 heterocycles. The van der Waals surface area contributed by atoms with Gasteiger partial charge in [-0.3, -0.25) is 4.90 Å². The van der Waals surface area contributed by atoms with Crippen LogP contribution in [-0.4, -0.2) is 10.9 Å². The summed E-state index contributed by atoms with van der Waals surface area (Å²) < 4.78 is 5.46. The SMILES string of the molecule is NCc1ccc(CN(Cc2ccco2)C2CC2)cc1. The third-order valence-electron chi connectivity index (χ3n) is 3.65. The fourth-order valence-electron chi connectivity index (χ4n) is 2.37. The lowest BCUT2D eigenvalue weighted by Crippen LogP contribution is -2.24. The van der Waals surface area contributed by atoms with Crippen LogP contribution in [0.15, 0.2) is 47.1 Å². The van der Waals surface area contributed by atoms with Crippen molar-refractivity contribution < 1.29 is 4.42 Å². The van der Waals surface area contributed by atoms with Gasteiger partial charge in [0, 0.05) is 19.1 Å². The Bertz CT molecular complexity index is 500. The van der Waals surface area contributed by atoms with Crippen molar-refractivity contribution >= 4 is 0 Å². The second kappa shape index (κ2) is 5.59. The third-order valence-corrected chi connectivity index (χ3v) is 3.65. The predicted molar refractivity (Wildman–Crippen MR) is 75.3 cm³/mol. The van der Waals surface area contributed by atoms with Crippen molar-refractivity contribution in [2.45, 2.75) is 38.5 Å². The van der Waals surface area contributed by atoms with Gasteiger partial charge in [-0.1, -0.05) is 24.3 Å². The first-order valence-corrected chi connectivity index (χ1v) is 6.89. The molecular formula is C16H20N2O. The maximum atomic E-state index is 5.63. The highest BCUT2D eigenvalue weighted by molar-refractivity contribution is 5.22. The second-order valence-corrected chi connectivity index (χ2v) is 5.24. The Morgan fingerprint density at radius 1 is 1.05 bits per heavy atom. The summed E-state index contributed by atoms with van der Waals surface area (Å²) in [6.07, 6.45) is 4.36. The van der Waals surface area contributed by atoms with E-state index in [0.717, 1.165) is 24.9 Å². The molecular weight excluding hydrogens is 236 g/mol. The van der Waals surface area contributed by atoms with Gasteiger partial charge >= 0.3 is 0 Å². The Hall–Kier alpha value is -1.58. The zero-order valence-electron chi connectivity index (χ0n) is 11.1. The van der Waals surface area contributed by atoms with E-state index in [2.05, 4.69) is 29.2 Å². The molecule has 0 saturated heterocycles. The highest BCUT2D eigenvalue weighted by atomic mass is 16.3. The molecule has 0 aliphatic heterocycles. The van der Waals surface area contributed by atoms with Crippen LogP contribution in [-0.2, 0) is 19.6 Å². The van der Waals surface area contributed by atoms with E-state index in [1.807, 2.05) is 12.1 Å². The quantitative estimate of drug-likeness (QED) is 0.864. The van der Waals surface area contributed by atoms with Crippen molar-refractivity contribution in [3.8, 4) is 0 Å². The first kappa shape index (κ1) is 12.5. The van der Waals surface area contributed by atoms with Crippen molar-refractivity contribution in [1.82, 2.24) is 4.90 Å². The number of rotatable bonds is 6. The monoisotopic (exact) mass is 256 g/mol. The minimum atomic E-state index is 0.610. The summed E-state index contributed by atoms with van der Waals surface area (Å²) >= 11 is 0. The fourth-order valence-corrected chi connectivity index (χ4v) is 2.37. The second-order valence-electron chi connectivity index (χ2n) is 5.24. The van der Waals surface area contributed by atoms with Crippen LogP contribution in [0.3, 0.4) is 0 Å². The number of hydrogen-bond donors (Lipinski definition) is 1. The first-order valence-electron chi connectivity index (χ1n) is 6.89. The van der Waals surface area contributed by atoms with Gasteiger partial charge in [-0.15, -0.1) is 0 Å². The molecule has 3 heteroatoms. The van der Waals surface area contributed by atoms with Gasteiger partial charge in [0.1, 0.15) is 5.76 Å². The molecule has 1 aromatic heterocycles. The molecule has 19 heavy (non-hydrogen) atoms. The number of nitrogens with zero attached hydrogens (tertiary/aromatic N) is 1. The molecule has 0 unspecified atom stereocenters. The molecule has 0 bridgehead atoms. The van der Waals surface area contributed by atoms with E-state index in [1.54, 1.807) is 6.26 Å². The minimum absolute atomic E-state index is 0.610. The van der Waals surface area contributed by atoms with Crippen molar-refractivity contribution in [3.05, 3.63) is 59.5 Å². The predicted octanol–water partition coefficient (Wildman–Crippen LogP) is 2.90. The zero-order chi connectivity index (χ0) is 13.1. The van der Waals surface area contributed by atoms with E-state index in [-0.39, 0.29) is 0 Å². The summed E-state index contributed by atoms with van der Waals surface area (Å²) in [5.74, 6) is 1.05. The lowest BCUT2D eigenvalue weighted by molar-refractivity contribution is 0.225. The molecule has 0 radical (unpaired) electrons. The van der Waals surface area contributed by atoms with E-state index < -0.39 is 0 Å². The van der Waals surface area contributed by atoms with Gasteiger partial charge in [0.15, 0.2) is 0 Å². The Morgan fingerprint density at radius 3 is 2.37 bits per heavy atom. The van der Waals surface area contributed by atoms with Gasteiger partial charge in [-0.25, -0.2) is 0 Å². The summed E-state index contributed by atoms with van der Waals surface area (Å²) in [5, 5.41) is 0. The summed E-state index contributed by atoms with van der Waals surface area (Å²) in [6, 6.07) is 13.3. The van der Waals surface area contributed by atoms with Gasteiger partial charge in [-0.05, 0) is 36.1 Å². The van der Waals surface area contributed by atoms with Gasteiger partial charge in [0.2, 0.25) is 0 Å². The molecule has 2 N–H and O–H groups in total. The Balaban J connectivity index is 1.66. The van der Waals surface area contributed by atoms with Gasteiger partial charge in [0.25, 0.3) is 0 Å². The molecule has 3 rings (SSSR count). The van der Waals surface area contributed by atoms with Gasteiger partial charge in [0.05, 0.1) is 12.8 Å². The van der Waals surface area contributed by atoms with Crippen LogP contribution in [0.4, 0.5) is 0 Å². The Labute approximate surface area is 114 Å². The topological polar surface area (TPSA) is 42.4 Å². The lowest BCUT2D eigenvalue weighted by Gasteiger charge is -2.21. The highest BCUT2D eigenvalue weighted by Crippen LogP contribution is 2.29. The number of benzene rings is 1. The summed E-state index contributed by atoms with van der Waals surface area (Å²) in [6.45, 7) is 2.49. The maximum absolute atomic E-state index is 5.63. The van der Waals surface area contributed by atoms with Gasteiger partial charge < -0.3 is 10.2 Å². The first-order chi connectivity index (χ1) is 9.35. The van der Waals surface area contributed by atoms with Crippen molar-refractivity contribution in [1.29, 1.82) is 0 Å². The number of furan rings is 1. The van der Waals surface area contributed by atoms with E-state index >= 15 is 0 Å². The van der Waals surface area contributed by atoms with E-state index in [9.17, 15) is 0 Å². The van der Waals surface area contributed by atoms with Crippen LogP contribution in [0.1, 0.15) is 29.7 Å². The Morgan fingerprint density at radius 2 is 1.79 bits per heavy atom. The summed E-state index contributed by atoms with van der Waals surface area (Å²) in [4.78, 5) is 2.50. The summed E-state index contributed by atoms with van der Waals surface area (Å²) in [7, 11) is 0. The fraction of sp³-hybridized carbons (Fsp3) is 0.375. The van der Waals surface area contributed by atoms with E-state index in [4.69, 9.17) is 10.2 Å². The normalized spacial score (nSPS) is 15.1. The number of hydrogen-bond acceptors (Lipinski definition) is 3. The molecule has 1 aliphatic rings. The lowest BCUT2D eigenvalue weighted by atomic mass is 10.1. The molecule has 1 fully saturated rings. The zero-order valence-corrected chi connectivity index (χ0v) is 11.1. The van der Waals surface area contributed by atoms with Crippen molar-refractivity contribution in [2.75, 3.05) is 0 Å². The van der Waals surface area contributed by atoms with E-state index in [0.29, 0.717) is 6.54 Å². The molecule has 2 aromatic rings. The van der Waals surface area contributed by atoms with Crippen LogP contribution in [0.25, 0.3) is 0 Å². The molecule has 1 aromatic carbocycles. The molecule has 0 spiro atoms.